The molecule has 0 spiro atoms. The molecule has 5 aromatic carbocycles. The van der Waals surface area contributed by atoms with Crippen molar-refractivity contribution in [3.63, 3.8) is 0 Å². The van der Waals surface area contributed by atoms with E-state index in [9.17, 15) is 4.79 Å². The number of benzene rings is 5. The van der Waals surface area contributed by atoms with Gasteiger partial charge in [0.15, 0.2) is 0 Å². The minimum atomic E-state index is -0.833. The minimum absolute atomic E-state index is 0.198. The number of anilines is 1. The lowest BCUT2D eigenvalue weighted by Gasteiger charge is -2.26. The molecule has 7 aromatic rings. The van der Waals surface area contributed by atoms with Crippen molar-refractivity contribution in [3.05, 3.63) is 143 Å². The van der Waals surface area contributed by atoms with E-state index in [0.717, 1.165) is 76.9 Å². The van der Waals surface area contributed by atoms with Crippen LogP contribution in [0.1, 0.15) is 24.5 Å². The molecule has 236 valence electrons. The van der Waals surface area contributed by atoms with Gasteiger partial charge >= 0.3 is 0 Å². The Hall–Kier alpha value is -5.73. The first-order valence-electron chi connectivity index (χ1n) is 15.7. The molecule has 7 rings (SSSR count). The van der Waals surface area contributed by atoms with Crippen LogP contribution in [0.15, 0.2) is 126 Å². The van der Waals surface area contributed by atoms with Gasteiger partial charge in [-0.3, -0.25) is 9.59 Å². The number of nitrogens with two attached hydrogens (primary N) is 1. The number of fused-ring (bicyclic) bond motifs is 3. The molecule has 2 heterocycles. The lowest BCUT2D eigenvalue weighted by Crippen LogP contribution is -2.22. The highest BCUT2D eigenvalue weighted by Gasteiger charge is 2.18. The van der Waals surface area contributed by atoms with E-state index in [-0.39, 0.29) is 5.56 Å². The van der Waals surface area contributed by atoms with Crippen LogP contribution in [-0.4, -0.2) is 32.2 Å². The SMILES string of the molecule is CC(=O)O.NCCCn1cc(-c2nc3cc4ccccc4cc3[nH]c2=O)c2cc(N(Cc3ccccc3)Cc3ccccc3)ccc21. The van der Waals surface area contributed by atoms with Gasteiger partial charge in [-0.05, 0) is 65.2 Å². The van der Waals surface area contributed by atoms with Crippen molar-refractivity contribution in [1.29, 1.82) is 0 Å². The van der Waals surface area contributed by atoms with Crippen LogP contribution in [0.5, 0.6) is 0 Å². The molecule has 0 atom stereocenters. The monoisotopic (exact) mass is 623 g/mol. The molecular weight excluding hydrogens is 586 g/mol. The number of carboxylic acid groups (broad SMARTS) is 1. The zero-order valence-electron chi connectivity index (χ0n) is 26.3. The van der Waals surface area contributed by atoms with Crippen LogP contribution in [0.3, 0.4) is 0 Å². The Bertz CT molecular complexity index is 2160. The molecule has 4 N–H and O–H groups in total. The van der Waals surface area contributed by atoms with Crippen molar-refractivity contribution in [3.8, 4) is 11.3 Å². The van der Waals surface area contributed by atoms with E-state index in [1.807, 2.05) is 42.5 Å². The molecule has 0 amide bonds. The van der Waals surface area contributed by atoms with Crippen molar-refractivity contribution < 1.29 is 9.90 Å². The largest absolute Gasteiger partial charge is 0.481 e. The highest BCUT2D eigenvalue weighted by molar-refractivity contribution is 5.99. The topological polar surface area (TPSA) is 117 Å². The van der Waals surface area contributed by atoms with Crippen molar-refractivity contribution in [2.45, 2.75) is 33.0 Å². The fourth-order valence-electron chi connectivity index (χ4n) is 5.92. The van der Waals surface area contributed by atoms with Crippen LogP contribution >= 0.6 is 0 Å². The van der Waals surface area contributed by atoms with E-state index in [1.54, 1.807) is 0 Å². The summed E-state index contributed by atoms with van der Waals surface area (Å²) in [4.78, 5) is 33.0. The zero-order valence-corrected chi connectivity index (χ0v) is 26.3. The second-order valence-electron chi connectivity index (χ2n) is 11.6. The highest BCUT2D eigenvalue weighted by atomic mass is 16.4. The zero-order chi connectivity index (χ0) is 32.8. The number of carbonyl (C=O) groups is 1. The first-order chi connectivity index (χ1) is 22.9. The summed E-state index contributed by atoms with van der Waals surface area (Å²) in [6.07, 6.45) is 2.90. The minimum Gasteiger partial charge on any atom is -0.481 e. The lowest BCUT2D eigenvalue weighted by molar-refractivity contribution is -0.134. The summed E-state index contributed by atoms with van der Waals surface area (Å²) >= 11 is 0. The Morgan fingerprint density at radius 2 is 1.45 bits per heavy atom. The molecule has 8 nitrogen and oxygen atoms in total. The summed E-state index contributed by atoms with van der Waals surface area (Å²) in [6, 6.07) is 39.8. The van der Waals surface area contributed by atoms with Gasteiger partial charge in [0.2, 0.25) is 0 Å². The number of aliphatic carboxylic acids is 1. The molecule has 0 aliphatic carbocycles. The second-order valence-corrected chi connectivity index (χ2v) is 11.6. The Morgan fingerprint density at radius 1 is 0.851 bits per heavy atom. The summed E-state index contributed by atoms with van der Waals surface area (Å²) in [5, 5.41) is 10.6. The van der Waals surface area contributed by atoms with Crippen LogP contribution in [0.25, 0.3) is 44.0 Å². The first kappa shape index (κ1) is 31.3. The quantitative estimate of drug-likeness (QED) is 0.145. The Kier molecular flexibility index (Phi) is 9.41. The van der Waals surface area contributed by atoms with E-state index < -0.39 is 5.97 Å². The van der Waals surface area contributed by atoms with Crippen LogP contribution in [0, 0.1) is 0 Å². The lowest BCUT2D eigenvalue weighted by atomic mass is 10.1. The number of nitrogens with one attached hydrogen (secondary N) is 1. The predicted molar refractivity (Wildman–Crippen MR) is 191 cm³/mol. The van der Waals surface area contributed by atoms with E-state index in [1.165, 1.54) is 11.1 Å². The van der Waals surface area contributed by atoms with E-state index in [2.05, 4.69) is 93.4 Å². The first-order valence-corrected chi connectivity index (χ1v) is 15.7. The average Bonchev–Trinajstić information content (AvgIpc) is 3.44. The number of carboxylic acids is 1. The maximum Gasteiger partial charge on any atom is 0.300 e. The number of aromatic amines is 1. The normalized spacial score (nSPS) is 11.0. The number of nitrogens with zero attached hydrogens (tertiary/aromatic N) is 3. The van der Waals surface area contributed by atoms with Crippen LogP contribution in [0.2, 0.25) is 0 Å². The maximum atomic E-state index is 13.6. The molecule has 0 saturated heterocycles. The Labute approximate surface area is 272 Å². The molecule has 0 fully saturated rings. The number of hydrogen-bond donors (Lipinski definition) is 3. The van der Waals surface area contributed by atoms with Gasteiger partial charge < -0.3 is 25.3 Å². The second kappa shape index (κ2) is 14.1. The number of hydrogen-bond acceptors (Lipinski definition) is 5. The molecule has 2 aromatic heterocycles. The van der Waals surface area contributed by atoms with E-state index in [4.69, 9.17) is 20.6 Å². The van der Waals surface area contributed by atoms with Crippen LogP contribution in [-0.2, 0) is 24.4 Å². The van der Waals surface area contributed by atoms with Crippen LogP contribution in [0.4, 0.5) is 5.69 Å². The third-order valence-corrected chi connectivity index (χ3v) is 8.08. The van der Waals surface area contributed by atoms with Gasteiger partial charge in [0.25, 0.3) is 11.5 Å². The van der Waals surface area contributed by atoms with E-state index >= 15 is 0 Å². The highest BCUT2D eigenvalue weighted by Crippen LogP contribution is 2.33. The van der Waals surface area contributed by atoms with Gasteiger partial charge in [-0.2, -0.15) is 0 Å². The molecule has 0 aliphatic rings. The van der Waals surface area contributed by atoms with Gasteiger partial charge in [-0.25, -0.2) is 4.98 Å². The van der Waals surface area contributed by atoms with Crippen molar-refractivity contribution >= 4 is 44.4 Å². The summed E-state index contributed by atoms with van der Waals surface area (Å²) in [5.41, 5.74) is 13.1. The molecule has 0 aliphatic heterocycles. The number of rotatable bonds is 9. The number of H-pyrrole nitrogens is 1. The van der Waals surface area contributed by atoms with Crippen LogP contribution < -0.4 is 16.2 Å². The maximum absolute atomic E-state index is 13.6. The average molecular weight is 624 g/mol. The number of aryl methyl sites for hydroxylation is 1. The molecular formula is C39H37N5O3. The van der Waals surface area contributed by atoms with Gasteiger partial charge in [0, 0.05) is 54.9 Å². The summed E-state index contributed by atoms with van der Waals surface area (Å²) in [6.45, 7) is 3.95. The van der Waals surface area contributed by atoms with Gasteiger partial charge in [0.1, 0.15) is 5.69 Å². The molecule has 47 heavy (non-hydrogen) atoms. The Balaban J connectivity index is 0.000000915. The molecule has 0 unspecified atom stereocenters. The third-order valence-electron chi connectivity index (χ3n) is 8.08. The number of aromatic nitrogens is 3. The van der Waals surface area contributed by atoms with E-state index in [0.29, 0.717) is 12.2 Å². The Morgan fingerprint density at radius 3 is 2.06 bits per heavy atom. The smallest absolute Gasteiger partial charge is 0.300 e. The molecule has 0 radical (unpaired) electrons. The fraction of sp³-hybridized carbons (Fsp3) is 0.154. The van der Waals surface area contributed by atoms with Gasteiger partial charge in [-0.15, -0.1) is 0 Å². The summed E-state index contributed by atoms with van der Waals surface area (Å²) in [5.74, 6) is -0.833. The summed E-state index contributed by atoms with van der Waals surface area (Å²) < 4.78 is 2.20. The van der Waals surface area contributed by atoms with Gasteiger partial charge in [0.05, 0.1) is 11.0 Å². The predicted octanol–water partition coefficient (Wildman–Crippen LogP) is 7.34. The molecule has 0 bridgehead atoms. The van der Waals surface area contributed by atoms with Crippen molar-refractivity contribution in [1.82, 2.24) is 14.5 Å². The van der Waals surface area contributed by atoms with Gasteiger partial charge in [-0.1, -0.05) is 84.9 Å². The van der Waals surface area contributed by atoms with Crippen molar-refractivity contribution in [2.24, 2.45) is 5.73 Å². The van der Waals surface area contributed by atoms with Crippen molar-refractivity contribution in [2.75, 3.05) is 11.4 Å². The molecule has 8 heteroatoms. The summed E-state index contributed by atoms with van der Waals surface area (Å²) in [7, 11) is 0. The standard InChI is InChI=1S/C37H33N5O.C2H4O2/c38-18-9-19-41-25-32(36-37(43)40-34-21-29-15-8-7-14-28(29)20-33(34)39-36)31-22-30(16-17-35(31)41)42(23-26-10-3-1-4-11-26)24-27-12-5-2-6-13-27;1-2(3)4/h1-8,10-17,20-22,25H,9,18-19,23-24,38H2,(H,40,43);1H3,(H,3,4). The molecule has 0 saturated carbocycles. The third kappa shape index (κ3) is 7.24. The fourth-order valence-corrected chi connectivity index (χ4v) is 5.92.